The maximum atomic E-state index is 12.0. The number of benzene rings is 1. The van der Waals surface area contributed by atoms with Crippen LogP contribution in [0.25, 0.3) is 0 Å². The summed E-state index contributed by atoms with van der Waals surface area (Å²) in [5, 5.41) is 16.6. The molecule has 0 fully saturated rings. The molecule has 0 radical (unpaired) electrons. The minimum absolute atomic E-state index is 0.103. The zero-order chi connectivity index (χ0) is 14.9. The summed E-state index contributed by atoms with van der Waals surface area (Å²) in [6, 6.07) is 9.44. The van der Waals surface area contributed by atoms with Gasteiger partial charge in [-0.1, -0.05) is 30.3 Å². The van der Waals surface area contributed by atoms with Crippen molar-refractivity contribution in [1.82, 2.24) is 15.6 Å². The fourth-order valence-electron chi connectivity index (χ4n) is 2.01. The van der Waals surface area contributed by atoms with Crippen LogP contribution < -0.4 is 10.6 Å². The second-order valence-electron chi connectivity index (χ2n) is 4.64. The standard InChI is InChI=1S/C15H19N3O2S/c19-8-4-7-14(12-5-2-1-3-6-12)18-15(20)16-9-13-10-21-11-17-13/h1-3,5-6,10-11,14,19H,4,7-9H2,(H2,16,18,20). The summed E-state index contributed by atoms with van der Waals surface area (Å²) in [6.45, 7) is 0.530. The van der Waals surface area contributed by atoms with Crippen molar-refractivity contribution in [2.24, 2.45) is 0 Å². The second kappa shape index (κ2) is 8.39. The Bertz CT molecular complexity index is 531. The number of carbonyl (C=O) groups is 1. The van der Waals surface area contributed by atoms with E-state index in [4.69, 9.17) is 5.11 Å². The molecule has 1 aromatic heterocycles. The van der Waals surface area contributed by atoms with Crippen LogP contribution >= 0.6 is 11.3 Å². The quantitative estimate of drug-likeness (QED) is 0.735. The lowest BCUT2D eigenvalue weighted by molar-refractivity contribution is 0.232. The number of nitrogens with zero attached hydrogens (tertiary/aromatic N) is 1. The average molecular weight is 305 g/mol. The topological polar surface area (TPSA) is 74.2 Å². The molecule has 0 saturated heterocycles. The summed E-state index contributed by atoms with van der Waals surface area (Å²) in [4.78, 5) is 16.1. The Labute approximate surface area is 128 Å². The van der Waals surface area contributed by atoms with Crippen LogP contribution in [-0.4, -0.2) is 22.7 Å². The van der Waals surface area contributed by atoms with Gasteiger partial charge in [0.1, 0.15) is 0 Å². The van der Waals surface area contributed by atoms with E-state index in [2.05, 4.69) is 15.6 Å². The Morgan fingerprint density at radius 3 is 2.81 bits per heavy atom. The zero-order valence-electron chi connectivity index (χ0n) is 11.7. The average Bonchev–Trinajstić information content (AvgIpc) is 3.03. The molecule has 21 heavy (non-hydrogen) atoms. The molecule has 2 amide bonds. The summed E-state index contributed by atoms with van der Waals surface area (Å²) in [5.74, 6) is 0. The van der Waals surface area contributed by atoms with Crippen LogP contribution in [0.3, 0.4) is 0 Å². The fraction of sp³-hybridized carbons (Fsp3) is 0.333. The van der Waals surface area contributed by atoms with Gasteiger partial charge >= 0.3 is 6.03 Å². The molecule has 1 unspecified atom stereocenters. The molecule has 112 valence electrons. The van der Waals surface area contributed by atoms with E-state index in [0.29, 0.717) is 19.4 Å². The van der Waals surface area contributed by atoms with Gasteiger partial charge in [0.2, 0.25) is 0 Å². The Kier molecular flexibility index (Phi) is 6.18. The summed E-state index contributed by atoms with van der Waals surface area (Å²) in [6.07, 6.45) is 1.34. The first-order valence-corrected chi connectivity index (χ1v) is 7.81. The van der Waals surface area contributed by atoms with Crippen LogP contribution in [-0.2, 0) is 6.54 Å². The van der Waals surface area contributed by atoms with Crippen LogP contribution in [0.1, 0.15) is 30.1 Å². The predicted molar refractivity (Wildman–Crippen MR) is 83.0 cm³/mol. The summed E-state index contributed by atoms with van der Waals surface area (Å²) in [5.41, 5.74) is 3.62. The van der Waals surface area contributed by atoms with Crippen LogP contribution in [0, 0.1) is 0 Å². The third kappa shape index (κ3) is 5.17. The van der Waals surface area contributed by atoms with E-state index in [1.807, 2.05) is 35.7 Å². The maximum Gasteiger partial charge on any atom is 0.315 e. The summed E-state index contributed by atoms with van der Waals surface area (Å²) < 4.78 is 0. The monoisotopic (exact) mass is 305 g/mol. The van der Waals surface area contributed by atoms with Gasteiger partial charge in [-0.25, -0.2) is 9.78 Å². The molecule has 0 spiro atoms. The van der Waals surface area contributed by atoms with Crippen LogP contribution in [0.15, 0.2) is 41.2 Å². The van der Waals surface area contributed by atoms with Gasteiger partial charge in [-0.05, 0) is 18.4 Å². The van der Waals surface area contributed by atoms with Gasteiger partial charge in [-0.15, -0.1) is 11.3 Å². The molecule has 1 atom stereocenters. The highest BCUT2D eigenvalue weighted by Crippen LogP contribution is 2.17. The van der Waals surface area contributed by atoms with E-state index < -0.39 is 0 Å². The van der Waals surface area contributed by atoms with Crippen molar-refractivity contribution in [2.75, 3.05) is 6.61 Å². The van der Waals surface area contributed by atoms with Crippen molar-refractivity contribution in [3.63, 3.8) is 0 Å². The number of nitrogens with one attached hydrogen (secondary N) is 2. The van der Waals surface area contributed by atoms with Gasteiger partial charge in [-0.2, -0.15) is 0 Å². The van der Waals surface area contributed by atoms with Crippen molar-refractivity contribution in [3.8, 4) is 0 Å². The molecule has 0 bridgehead atoms. The normalized spacial score (nSPS) is 11.9. The highest BCUT2D eigenvalue weighted by molar-refractivity contribution is 7.07. The number of aromatic nitrogens is 1. The number of thiazole rings is 1. The van der Waals surface area contributed by atoms with E-state index in [0.717, 1.165) is 11.3 Å². The number of rotatable bonds is 7. The maximum absolute atomic E-state index is 12.0. The number of aliphatic hydroxyl groups excluding tert-OH is 1. The van der Waals surface area contributed by atoms with Gasteiger partial charge in [0.25, 0.3) is 0 Å². The Hall–Kier alpha value is -1.92. The molecule has 6 heteroatoms. The molecule has 1 aromatic carbocycles. The molecule has 5 nitrogen and oxygen atoms in total. The van der Waals surface area contributed by atoms with Crippen molar-refractivity contribution in [3.05, 3.63) is 52.5 Å². The third-order valence-corrected chi connectivity index (χ3v) is 3.71. The van der Waals surface area contributed by atoms with E-state index in [1.54, 1.807) is 5.51 Å². The lowest BCUT2D eigenvalue weighted by Gasteiger charge is -2.19. The zero-order valence-corrected chi connectivity index (χ0v) is 12.5. The first-order chi connectivity index (χ1) is 10.3. The predicted octanol–water partition coefficient (Wildman–Crippen LogP) is 2.46. The van der Waals surface area contributed by atoms with Crippen molar-refractivity contribution in [1.29, 1.82) is 0 Å². The van der Waals surface area contributed by atoms with Gasteiger partial charge in [0.05, 0.1) is 23.8 Å². The van der Waals surface area contributed by atoms with E-state index >= 15 is 0 Å². The molecular weight excluding hydrogens is 286 g/mol. The number of carbonyl (C=O) groups excluding carboxylic acids is 1. The van der Waals surface area contributed by atoms with E-state index in [-0.39, 0.29) is 18.7 Å². The number of amides is 2. The lowest BCUT2D eigenvalue weighted by atomic mass is 10.0. The Balaban J connectivity index is 1.89. The van der Waals surface area contributed by atoms with Crippen LogP contribution in [0.5, 0.6) is 0 Å². The SMILES string of the molecule is O=C(NCc1cscn1)NC(CCCO)c1ccccc1. The number of urea groups is 1. The number of aliphatic hydroxyl groups is 1. The number of hydrogen-bond donors (Lipinski definition) is 3. The third-order valence-electron chi connectivity index (χ3n) is 3.07. The number of hydrogen-bond acceptors (Lipinski definition) is 4. The molecule has 0 aliphatic carbocycles. The Morgan fingerprint density at radius 1 is 1.33 bits per heavy atom. The first kappa shape index (κ1) is 15.5. The smallest absolute Gasteiger partial charge is 0.315 e. The summed E-state index contributed by atoms with van der Waals surface area (Å²) in [7, 11) is 0. The fourth-order valence-corrected chi connectivity index (χ4v) is 2.57. The van der Waals surface area contributed by atoms with Gasteiger partial charge in [-0.3, -0.25) is 0 Å². The lowest BCUT2D eigenvalue weighted by Crippen LogP contribution is -2.37. The largest absolute Gasteiger partial charge is 0.396 e. The molecule has 2 rings (SSSR count). The van der Waals surface area contributed by atoms with Crippen LogP contribution in [0.4, 0.5) is 4.79 Å². The first-order valence-electron chi connectivity index (χ1n) is 6.87. The molecule has 1 heterocycles. The van der Waals surface area contributed by atoms with Crippen LogP contribution in [0.2, 0.25) is 0 Å². The van der Waals surface area contributed by atoms with Gasteiger partial charge in [0, 0.05) is 12.0 Å². The minimum Gasteiger partial charge on any atom is -0.396 e. The van der Waals surface area contributed by atoms with Crippen molar-refractivity contribution in [2.45, 2.75) is 25.4 Å². The second-order valence-corrected chi connectivity index (χ2v) is 5.35. The molecule has 0 saturated carbocycles. The Morgan fingerprint density at radius 2 is 2.14 bits per heavy atom. The molecule has 3 N–H and O–H groups in total. The molecule has 0 aliphatic rings. The van der Waals surface area contributed by atoms with Crippen molar-refractivity contribution < 1.29 is 9.90 Å². The van der Waals surface area contributed by atoms with Gasteiger partial charge < -0.3 is 15.7 Å². The molecular formula is C15H19N3O2S. The molecule has 0 aliphatic heterocycles. The van der Waals surface area contributed by atoms with E-state index in [1.165, 1.54) is 11.3 Å². The van der Waals surface area contributed by atoms with E-state index in [9.17, 15) is 4.79 Å². The highest BCUT2D eigenvalue weighted by atomic mass is 32.1. The highest BCUT2D eigenvalue weighted by Gasteiger charge is 2.13. The summed E-state index contributed by atoms with van der Waals surface area (Å²) >= 11 is 1.50. The van der Waals surface area contributed by atoms with Gasteiger partial charge in [0.15, 0.2) is 0 Å². The molecule has 2 aromatic rings. The van der Waals surface area contributed by atoms with Crippen molar-refractivity contribution >= 4 is 17.4 Å². The minimum atomic E-state index is -0.227.